The minimum atomic E-state index is 0.608. The van der Waals surface area contributed by atoms with Crippen LogP contribution in [-0.4, -0.2) is 19.7 Å². The van der Waals surface area contributed by atoms with Gasteiger partial charge < -0.3 is 10.1 Å². The zero-order chi connectivity index (χ0) is 15.4. The summed E-state index contributed by atoms with van der Waals surface area (Å²) in [7, 11) is 0. The number of ether oxygens (including phenoxy) is 1. The first-order valence-electron chi connectivity index (χ1n) is 8.12. The van der Waals surface area contributed by atoms with Crippen molar-refractivity contribution in [1.29, 1.82) is 0 Å². The average molecular weight is 310 g/mol. The van der Waals surface area contributed by atoms with Crippen LogP contribution in [-0.2, 0) is 12.8 Å². The van der Waals surface area contributed by atoms with Crippen LogP contribution in [0.5, 0.6) is 5.75 Å². The normalized spacial score (nSPS) is 16.7. The lowest BCUT2D eigenvalue weighted by Crippen LogP contribution is -2.28. The maximum Gasteiger partial charge on any atom is 0.125 e. The van der Waals surface area contributed by atoms with E-state index in [1.165, 1.54) is 11.1 Å². The third-order valence-corrected chi connectivity index (χ3v) is 4.58. The van der Waals surface area contributed by atoms with E-state index in [2.05, 4.69) is 39.1 Å². The molecule has 0 radical (unpaired) electrons. The molecule has 1 aliphatic heterocycles. The number of rotatable bonds is 7. The van der Waals surface area contributed by atoms with Crippen molar-refractivity contribution in [2.24, 2.45) is 17.8 Å². The second kappa shape index (κ2) is 7.51. The monoisotopic (exact) mass is 309 g/mol. The summed E-state index contributed by atoms with van der Waals surface area (Å²) in [5, 5.41) is 4.40. The lowest BCUT2D eigenvalue weighted by atomic mass is 9.88. The number of hydrogen-bond donors (Lipinski definition) is 1. The molecule has 1 aromatic rings. The predicted octanol–water partition coefficient (Wildman–Crippen LogP) is 4.34. The van der Waals surface area contributed by atoms with Gasteiger partial charge in [-0.15, -0.1) is 0 Å². The smallest absolute Gasteiger partial charge is 0.125 e. The number of benzene rings is 1. The Bertz CT molecular complexity index is 473. The summed E-state index contributed by atoms with van der Waals surface area (Å²) in [5.74, 6) is 3.04. The lowest BCUT2D eigenvalue weighted by molar-refractivity contribution is 0.336. The molecular weight excluding hydrogens is 282 g/mol. The van der Waals surface area contributed by atoms with Crippen LogP contribution in [0, 0.1) is 17.8 Å². The van der Waals surface area contributed by atoms with E-state index in [0.717, 1.165) is 43.3 Å². The van der Waals surface area contributed by atoms with E-state index in [9.17, 15) is 0 Å². The molecule has 1 N–H and O–H groups in total. The van der Waals surface area contributed by atoms with E-state index < -0.39 is 0 Å². The summed E-state index contributed by atoms with van der Waals surface area (Å²) >= 11 is 6.24. The standard InChI is InChI=1S/C18H28ClNO/c1-12(2)10-20-11-14(4)13(3)7-16-9-17(19)8-15-5-6-21-18(15)16/h8-9,12-14,20H,5-7,10-11H2,1-4H3. The Labute approximate surface area is 134 Å². The molecule has 2 atom stereocenters. The molecule has 1 heterocycles. The van der Waals surface area contributed by atoms with Gasteiger partial charge in [-0.3, -0.25) is 0 Å². The zero-order valence-corrected chi connectivity index (χ0v) is 14.5. The predicted molar refractivity (Wildman–Crippen MR) is 90.4 cm³/mol. The summed E-state index contributed by atoms with van der Waals surface area (Å²) in [6.45, 7) is 12.1. The highest BCUT2D eigenvalue weighted by molar-refractivity contribution is 6.30. The van der Waals surface area contributed by atoms with Crippen molar-refractivity contribution in [2.75, 3.05) is 19.7 Å². The van der Waals surface area contributed by atoms with Gasteiger partial charge in [0.15, 0.2) is 0 Å². The van der Waals surface area contributed by atoms with Gasteiger partial charge >= 0.3 is 0 Å². The van der Waals surface area contributed by atoms with Crippen LogP contribution in [0.3, 0.4) is 0 Å². The highest BCUT2D eigenvalue weighted by Crippen LogP contribution is 2.35. The molecule has 1 aliphatic rings. The van der Waals surface area contributed by atoms with Crippen LogP contribution in [0.2, 0.25) is 5.02 Å². The fourth-order valence-electron chi connectivity index (χ4n) is 2.85. The van der Waals surface area contributed by atoms with Crippen LogP contribution in [0.1, 0.15) is 38.8 Å². The van der Waals surface area contributed by atoms with Gasteiger partial charge in [-0.05, 0) is 60.5 Å². The van der Waals surface area contributed by atoms with Crippen molar-refractivity contribution in [3.8, 4) is 5.75 Å². The molecule has 0 saturated carbocycles. The summed E-state index contributed by atoms with van der Waals surface area (Å²) in [6, 6.07) is 4.13. The molecule has 21 heavy (non-hydrogen) atoms. The Hall–Kier alpha value is -0.730. The maximum atomic E-state index is 6.24. The van der Waals surface area contributed by atoms with E-state index >= 15 is 0 Å². The Kier molecular flexibility index (Phi) is 5.95. The number of halogens is 1. The minimum Gasteiger partial charge on any atom is -0.493 e. The Morgan fingerprint density at radius 2 is 1.90 bits per heavy atom. The Morgan fingerprint density at radius 1 is 1.14 bits per heavy atom. The van der Waals surface area contributed by atoms with Crippen molar-refractivity contribution in [2.45, 2.75) is 40.5 Å². The van der Waals surface area contributed by atoms with Crippen molar-refractivity contribution < 1.29 is 4.74 Å². The SMILES string of the molecule is CC(C)CNCC(C)C(C)Cc1cc(Cl)cc2c1OCC2. The maximum absolute atomic E-state index is 6.24. The van der Waals surface area contributed by atoms with E-state index in [-0.39, 0.29) is 0 Å². The second-order valence-corrected chi connectivity index (χ2v) is 7.30. The van der Waals surface area contributed by atoms with Gasteiger partial charge in [0.25, 0.3) is 0 Å². The van der Waals surface area contributed by atoms with Gasteiger partial charge in [-0.2, -0.15) is 0 Å². The molecule has 2 unspecified atom stereocenters. The quantitative estimate of drug-likeness (QED) is 0.809. The molecule has 1 aromatic carbocycles. The Balaban J connectivity index is 1.95. The first-order chi connectivity index (χ1) is 9.97. The summed E-state index contributed by atoms with van der Waals surface area (Å²) < 4.78 is 5.80. The van der Waals surface area contributed by atoms with E-state index in [1.54, 1.807) is 0 Å². The molecular formula is C18H28ClNO. The second-order valence-electron chi connectivity index (χ2n) is 6.86. The zero-order valence-electron chi connectivity index (χ0n) is 13.7. The van der Waals surface area contributed by atoms with Crippen LogP contribution in [0.15, 0.2) is 12.1 Å². The van der Waals surface area contributed by atoms with Crippen molar-refractivity contribution in [3.05, 3.63) is 28.3 Å². The first kappa shape index (κ1) is 16.6. The number of nitrogens with one attached hydrogen (secondary N) is 1. The first-order valence-corrected chi connectivity index (χ1v) is 8.50. The third-order valence-electron chi connectivity index (χ3n) is 4.36. The van der Waals surface area contributed by atoms with Gasteiger partial charge in [-0.1, -0.05) is 39.3 Å². The molecule has 2 nitrogen and oxygen atoms in total. The van der Waals surface area contributed by atoms with Gasteiger partial charge in [-0.25, -0.2) is 0 Å². The Morgan fingerprint density at radius 3 is 2.62 bits per heavy atom. The van der Waals surface area contributed by atoms with Crippen molar-refractivity contribution in [3.63, 3.8) is 0 Å². The molecule has 118 valence electrons. The van der Waals surface area contributed by atoms with E-state index in [0.29, 0.717) is 17.8 Å². The van der Waals surface area contributed by atoms with Crippen LogP contribution >= 0.6 is 11.6 Å². The molecule has 0 aromatic heterocycles. The molecule has 0 spiro atoms. The summed E-state index contributed by atoms with van der Waals surface area (Å²) in [5.41, 5.74) is 2.55. The molecule has 0 aliphatic carbocycles. The highest BCUT2D eigenvalue weighted by Gasteiger charge is 2.21. The fourth-order valence-corrected chi connectivity index (χ4v) is 3.11. The minimum absolute atomic E-state index is 0.608. The highest BCUT2D eigenvalue weighted by atomic mass is 35.5. The van der Waals surface area contributed by atoms with Crippen LogP contribution < -0.4 is 10.1 Å². The fraction of sp³-hybridized carbons (Fsp3) is 0.667. The molecule has 0 bridgehead atoms. The topological polar surface area (TPSA) is 21.3 Å². The average Bonchev–Trinajstić information content (AvgIpc) is 2.86. The van der Waals surface area contributed by atoms with Crippen LogP contribution in [0.4, 0.5) is 0 Å². The number of fused-ring (bicyclic) bond motifs is 1. The van der Waals surface area contributed by atoms with Crippen LogP contribution in [0.25, 0.3) is 0 Å². The molecule has 2 rings (SSSR count). The van der Waals surface area contributed by atoms with E-state index in [1.807, 2.05) is 6.07 Å². The summed E-state index contributed by atoms with van der Waals surface area (Å²) in [4.78, 5) is 0. The van der Waals surface area contributed by atoms with Gasteiger partial charge in [0, 0.05) is 11.4 Å². The molecule has 3 heteroatoms. The van der Waals surface area contributed by atoms with Gasteiger partial charge in [0.05, 0.1) is 6.61 Å². The molecule has 0 fully saturated rings. The van der Waals surface area contributed by atoms with E-state index in [4.69, 9.17) is 16.3 Å². The largest absolute Gasteiger partial charge is 0.493 e. The third kappa shape index (κ3) is 4.62. The molecule has 0 amide bonds. The van der Waals surface area contributed by atoms with Crippen molar-refractivity contribution >= 4 is 11.6 Å². The lowest BCUT2D eigenvalue weighted by Gasteiger charge is -2.22. The molecule has 0 saturated heterocycles. The van der Waals surface area contributed by atoms with Gasteiger partial charge in [0.2, 0.25) is 0 Å². The number of hydrogen-bond acceptors (Lipinski definition) is 2. The van der Waals surface area contributed by atoms with Gasteiger partial charge in [0.1, 0.15) is 5.75 Å². The summed E-state index contributed by atoms with van der Waals surface area (Å²) in [6.07, 6.45) is 2.02. The van der Waals surface area contributed by atoms with Crippen molar-refractivity contribution in [1.82, 2.24) is 5.32 Å².